The van der Waals surface area contributed by atoms with Crippen LogP contribution in [0.2, 0.25) is 5.02 Å². The van der Waals surface area contributed by atoms with E-state index in [4.69, 9.17) is 26.2 Å². The summed E-state index contributed by atoms with van der Waals surface area (Å²) in [5.74, 6) is 0.496. The first-order valence-corrected chi connectivity index (χ1v) is 10.4. The molecule has 33 heavy (non-hydrogen) atoms. The van der Waals surface area contributed by atoms with Gasteiger partial charge in [-0.25, -0.2) is 0 Å². The molecule has 0 aliphatic heterocycles. The number of benzene rings is 3. The van der Waals surface area contributed by atoms with Crippen LogP contribution in [-0.4, -0.2) is 24.2 Å². The summed E-state index contributed by atoms with van der Waals surface area (Å²) in [7, 11) is 0. The molecule has 0 saturated carbocycles. The topological polar surface area (TPSA) is 67.8 Å². The van der Waals surface area contributed by atoms with Crippen molar-refractivity contribution in [2.45, 2.75) is 19.0 Å². The van der Waals surface area contributed by atoms with Crippen LogP contribution in [0.15, 0.2) is 66.7 Å². The number of alkyl halides is 3. The molecule has 0 bridgehead atoms. The Kier molecular flexibility index (Phi) is 8.06. The van der Waals surface area contributed by atoms with E-state index in [2.05, 4.69) is 5.32 Å². The summed E-state index contributed by atoms with van der Waals surface area (Å²) in [6, 6.07) is 16.3. The molecule has 0 aliphatic carbocycles. The smallest absolute Gasteiger partial charge is 0.416 e. The van der Waals surface area contributed by atoms with Crippen molar-refractivity contribution in [1.29, 1.82) is 0 Å². The highest BCUT2D eigenvalue weighted by molar-refractivity contribution is 6.33. The van der Waals surface area contributed by atoms with Gasteiger partial charge < -0.3 is 19.9 Å². The second-order valence-electron chi connectivity index (χ2n) is 7.11. The number of hydrogen-bond acceptors (Lipinski definition) is 4. The molecule has 2 N–H and O–H groups in total. The molecule has 174 valence electrons. The number of hydrogen-bond donors (Lipinski definition) is 2. The fraction of sp³-hybridized carbons (Fsp3) is 0.208. The molecular formula is C24H21ClF3NO4. The van der Waals surface area contributed by atoms with Gasteiger partial charge in [0.05, 0.1) is 29.3 Å². The standard InChI is InChI=1S/C24H21ClF3NO4/c25-21-14-16(15-23(30)31)2-11-22(21)29-12-1-13-32-18-7-9-20(10-8-18)33-19-5-3-17(4-6-19)24(26,27)28/h2-11,14,29H,1,12-13,15H2,(H,30,31). The van der Waals surface area contributed by atoms with Gasteiger partial charge in [-0.05, 0) is 72.6 Å². The fourth-order valence-electron chi connectivity index (χ4n) is 2.92. The first-order valence-electron chi connectivity index (χ1n) is 10.0. The summed E-state index contributed by atoms with van der Waals surface area (Å²) in [5, 5.41) is 12.5. The minimum atomic E-state index is -4.38. The molecule has 9 heteroatoms. The predicted molar refractivity (Wildman–Crippen MR) is 119 cm³/mol. The quantitative estimate of drug-likeness (QED) is 0.318. The second-order valence-corrected chi connectivity index (χ2v) is 7.52. The number of nitrogens with one attached hydrogen (secondary N) is 1. The highest BCUT2D eigenvalue weighted by atomic mass is 35.5. The number of carboxylic acids is 1. The Morgan fingerprint density at radius 3 is 2.12 bits per heavy atom. The molecule has 0 aliphatic rings. The Bertz CT molecular complexity index is 1070. The third-order valence-corrected chi connectivity index (χ3v) is 4.85. The first kappa shape index (κ1) is 24.3. The number of carboxylic acid groups (broad SMARTS) is 1. The lowest BCUT2D eigenvalue weighted by atomic mass is 10.1. The fourth-order valence-corrected chi connectivity index (χ4v) is 3.19. The highest BCUT2D eigenvalue weighted by Gasteiger charge is 2.30. The molecule has 0 saturated heterocycles. The average molecular weight is 480 g/mol. The maximum atomic E-state index is 12.6. The molecule has 3 aromatic rings. The zero-order valence-corrected chi connectivity index (χ0v) is 18.1. The van der Waals surface area contributed by atoms with Crippen molar-refractivity contribution in [3.8, 4) is 17.2 Å². The van der Waals surface area contributed by atoms with Gasteiger partial charge in [0.15, 0.2) is 0 Å². The van der Waals surface area contributed by atoms with E-state index in [1.807, 2.05) is 0 Å². The van der Waals surface area contributed by atoms with Crippen LogP contribution in [0.25, 0.3) is 0 Å². The van der Waals surface area contributed by atoms with Crippen LogP contribution in [0.4, 0.5) is 18.9 Å². The van der Waals surface area contributed by atoms with Crippen LogP contribution in [-0.2, 0) is 17.4 Å². The van der Waals surface area contributed by atoms with Crippen molar-refractivity contribution >= 4 is 23.3 Å². The Hall–Kier alpha value is -3.39. The molecule has 0 spiro atoms. The minimum Gasteiger partial charge on any atom is -0.494 e. The largest absolute Gasteiger partial charge is 0.494 e. The van der Waals surface area contributed by atoms with E-state index < -0.39 is 17.7 Å². The first-order chi connectivity index (χ1) is 15.7. The summed E-state index contributed by atoms with van der Waals surface area (Å²) < 4.78 is 49.1. The number of rotatable bonds is 10. The van der Waals surface area contributed by atoms with Gasteiger partial charge in [-0.15, -0.1) is 0 Å². The Balaban J connectivity index is 1.40. The van der Waals surface area contributed by atoms with Crippen LogP contribution in [0, 0.1) is 0 Å². The van der Waals surface area contributed by atoms with E-state index in [1.165, 1.54) is 12.1 Å². The van der Waals surface area contributed by atoms with E-state index in [9.17, 15) is 18.0 Å². The van der Waals surface area contributed by atoms with Crippen LogP contribution < -0.4 is 14.8 Å². The van der Waals surface area contributed by atoms with Gasteiger partial charge in [0.1, 0.15) is 17.2 Å². The lowest BCUT2D eigenvalue weighted by Crippen LogP contribution is -2.08. The molecule has 0 unspecified atom stereocenters. The van der Waals surface area contributed by atoms with Gasteiger partial charge in [-0.3, -0.25) is 4.79 Å². The molecule has 0 fully saturated rings. The molecule has 3 aromatic carbocycles. The molecule has 0 heterocycles. The summed E-state index contributed by atoms with van der Waals surface area (Å²) >= 11 is 6.17. The Morgan fingerprint density at radius 2 is 1.55 bits per heavy atom. The normalized spacial score (nSPS) is 11.2. The van der Waals surface area contributed by atoms with Crippen molar-refractivity contribution in [3.63, 3.8) is 0 Å². The monoisotopic (exact) mass is 479 g/mol. The maximum absolute atomic E-state index is 12.6. The summed E-state index contributed by atoms with van der Waals surface area (Å²) in [4.78, 5) is 10.8. The van der Waals surface area contributed by atoms with Crippen LogP contribution in [0.1, 0.15) is 17.5 Å². The molecule has 0 amide bonds. The molecule has 0 aromatic heterocycles. The number of carbonyl (C=O) groups is 1. The van der Waals surface area contributed by atoms with E-state index in [-0.39, 0.29) is 6.42 Å². The Labute approximate surface area is 193 Å². The predicted octanol–water partition coefficient (Wildman–Crippen LogP) is 6.66. The lowest BCUT2D eigenvalue weighted by molar-refractivity contribution is -0.138. The zero-order valence-electron chi connectivity index (χ0n) is 17.4. The number of ether oxygens (including phenoxy) is 2. The van der Waals surface area contributed by atoms with Gasteiger partial charge in [-0.1, -0.05) is 17.7 Å². The van der Waals surface area contributed by atoms with Crippen molar-refractivity contribution in [2.75, 3.05) is 18.5 Å². The van der Waals surface area contributed by atoms with Crippen molar-refractivity contribution < 1.29 is 32.5 Å². The van der Waals surface area contributed by atoms with Gasteiger partial charge in [0.2, 0.25) is 0 Å². The average Bonchev–Trinajstić information content (AvgIpc) is 2.75. The summed E-state index contributed by atoms with van der Waals surface area (Å²) in [5.41, 5.74) is 0.619. The van der Waals surface area contributed by atoms with Crippen molar-refractivity contribution in [1.82, 2.24) is 0 Å². The SMILES string of the molecule is O=C(O)Cc1ccc(NCCCOc2ccc(Oc3ccc(C(F)(F)F)cc3)cc2)c(Cl)c1. The molecular weight excluding hydrogens is 459 g/mol. The van der Waals surface area contributed by atoms with Crippen LogP contribution >= 0.6 is 11.6 Å². The minimum absolute atomic E-state index is 0.0813. The van der Waals surface area contributed by atoms with Crippen LogP contribution in [0.5, 0.6) is 17.2 Å². The van der Waals surface area contributed by atoms with Gasteiger partial charge >= 0.3 is 12.1 Å². The zero-order chi connectivity index (χ0) is 23.8. The van der Waals surface area contributed by atoms with Crippen LogP contribution in [0.3, 0.4) is 0 Å². The van der Waals surface area contributed by atoms with Gasteiger partial charge in [-0.2, -0.15) is 13.2 Å². The number of anilines is 1. The molecule has 0 atom stereocenters. The maximum Gasteiger partial charge on any atom is 0.416 e. The summed E-state index contributed by atoms with van der Waals surface area (Å²) in [6.45, 7) is 1.05. The third-order valence-electron chi connectivity index (χ3n) is 4.54. The highest BCUT2D eigenvalue weighted by Crippen LogP contribution is 2.31. The molecule has 3 rings (SSSR count). The van der Waals surface area contributed by atoms with Crippen molar-refractivity contribution in [2.24, 2.45) is 0 Å². The van der Waals surface area contributed by atoms with E-state index in [0.29, 0.717) is 47.4 Å². The molecule has 0 radical (unpaired) electrons. The second kappa shape index (κ2) is 11.0. The van der Waals surface area contributed by atoms with E-state index in [0.717, 1.165) is 17.8 Å². The lowest BCUT2D eigenvalue weighted by Gasteiger charge is -2.11. The van der Waals surface area contributed by atoms with Gasteiger partial charge in [0.25, 0.3) is 0 Å². The molecule has 5 nitrogen and oxygen atoms in total. The summed E-state index contributed by atoms with van der Waals surface area (Å²) in [6.07, 6.45) is -3.77. The van der Waals surface area contributed by atoms with Gasteiger partial charge in [0, 0.05) is 6.54 Å². The van der Waals surface area contributed by atoms with Crippen molar-refractivity contribution in [3.05, 3.63) is 82.9 Å². The van der Waals surface area contributed by atoms with E-state index >= 15 is 0 Å². The van der Waals surface area contributed by atoms with E-state index in [1.54, 1.807) is 42.5 Å². The number of halogens is 4. The third kappa shape index (κ3) is 7.61. The number of aliphatic carboxylic acids is 1. The Morgan fingerprint density at radius 1 is 0.939 bits per heavy atom.